The molecule has 0 radical (unpaired) electrons. The molecule has 0 amide bonds. The lowest BCUT2D eigenvalue weighted by Gasteiger charge is -2.02. The summed E-state index contributed by atoms with van der Waals surface area (Å²) in [4.78, 5) is 12.3. The molecule has 0 fully saturated rings. The molecule has 0 unspecified atom stereocenters. The molecule has 4 nitrogen and oxygen atoms in total. The summed E-state index contributed by atoms with van der Waals surface area (Å²) in [7, 11) is 0. The first-order valence-electron chi connectivity index (χ1n) is 5.39. The first kappa shape index (κ1) is 11.9. The summed E-state index contributed by atoms with van der Waals surface area (Å²) in [5.41, 5.74) is 1.64. The Morgan fingerprint density at radius 2 is 2.29 bits per heavy atom. The van der Waals surface area contributed by atoms with Gasteiger partial charge >= 0.3 is 5.97 Å². The SMILES string of the molecule is Cc1nn(CCc2cccs2)c(C)c1C(=O)O. The van der Waals surface area contributed by atoms with Gasteiger partial charge in [0.25, 0.3) is 0 Å². The van der Waals surface area contributed by atoms with Gasteiger partial charge in [0, 0.05) is 17.8 Å². The van der Waals surface area contributed by atoms with Crippen LogP contribution in [-0.4, -0.2) is 20.9 Å². The predicted octanol–water partition coefficient (Wildman–Crippen LogP) is 2.50. The topological polar surface area (TPSA) is 55.1 Å². The van der Waals surface area contributed by atoms with E-state index in [0.29, 0.717) is 11.3 Å². The second-order valence-electron chi connectivity index (χ2n) is 3.90. The zero-order valence-electron chi connectivity index (χ0n) is 9.80. The number of hydrogen-bond donors (Lipinski definition) is 1. The van der Waals surface area contributed by atoms with Crippen LogP contribution in [0.3, 0.4) is 0 Å². The molecule has 0 aliphatic carbocycles. The number of carboxylic acid groups (broad SMARTS) is 1. The van der Waals surface area contributed by atoms with Crippen LogP contribution in [0.25, 0.3) is 0 Å². The number of carboxylic acids is 1. The number of aromatic nitrogens is 2. The summed E-state index contributed by atoms with van der Waals surface area (Å²) in [5, 5.41) is 15.4. The number of thiophene rings is 1. The Labute approximate surface area is 104 Å². The van der Waals surface area contributed by atoms with Gasteiger partial charge in [0.1, 0.15) is 5.56 Å². The minimum atomic E-state index is -0.901. The lowest BCUT2D eigenvalue weighted by atomic mass is 10.2. The van der Waals surface area contributed by atoms with Crippen molar-refractivity contribution in [3.8, 4) is 0 Å². The van der Waals surface area contributed by atoms with E-state index in [0.717, 1.165) is 18.7 Å². The molecule has 0 aromatic carbocycles. The normalized spacial score (nSPS) is 10.7. The Bertz CT molecular complexity index is 529. The molecular formula is C12H14N2O2S. The molecule has 0 spiro atoms. The summed E-state index contributed by atoms with van der Waals surface area (Å²) in [6, 6.07) is 4.10. The summed E-state index contributed by atoms with van der Waals surface area (Å²) in [6.45, 7) is 4.26. The average Bonchev–Trinajstić information content (AvgIpc) is 2.84. The lowest BCUT2D eigenvalue weighted by Crippen LogP contribution is -2.06. The van der Waals surface area contributed by atoms with Gasteiger partial charge in [-0.2, -0.15) is 5.10 Å². The van der Waals surface area contributed by atoms with E-state index < -0.39 is 5.97 Å². The Balaban J connectivity index is 2.17. The molecule has 2 heterocycles. The van der Waals surface area contributed by atoms with Gasteiger partial charge in [-0.1, -0.05) is 6.07 Å². The third kappa shape index (κ3) is 2.39. The van der Waals surface area contributed by atoms with Crippen molar-refractivity contribution in [1.82, 2.24) is 9.78 Å². The van der Waals surface area contributed by atoms with Crippen molar-refractivity contribution < 1.29 is 9.90 Å². The zero-order chi connectivity index (χ0) is 12.4. The second-order valence-corrected chi connectivity index (χ2v) is 4.94. The molecule has 0 aliphatic rings. The molecule has 2 aromatic rings. The molecule has 1 N–H and O–H groups in total. The largest absolute Gasteiger partial charge is 0.478 e. The highest BCUT2D eigenvalue weighted by atomic mass is 32.1. The Kier molecular flexibility index (Phi) is 3.28. The van der Waals surface area contributed by atoms with Crippen molar-refractivity contribution in [1.29, 1.82) is 0 Å². The molecular weight excluding hydrogens is 236 g/mol. The van der Waals surface area contributed by atoms with Gasteiger partial charge in [0.05, 0.1) is 11.4 Å². The second kappa shape index (κ2) is 4.71. The number of aryl methyl sites for hydroxylation is 3. The van der Waals surface area contributed by atoms with Gasteiger partial charge in [-0.3, -0.25) is 4.68 Å². The Morgan fingerprint density at radius 3 is 2.82 bits per heavy atom. The summed E-state index contributed by atoms with van der Waals surface area (Å²) in [5.74, 6) is -0.901. The summed E-state index contributed by atoms with van der Waals surface area (Å²) in [6.07, 6.45) is 0.888. The highest BCUT2D eigenvalue weighted by Crippen LogP contribution is 2.15. The van der Waals surface area contributed by atoms with Crippen LogP contribution in [0.15, 0.2) is 17.5 Å². The van der Waals surface area contributed by atoms with Gasteiger partial charge in [0.2, 0.25) is 0 Å². The van der Waals surface area contributed by atoms with E-state index in [1.807, 2.05) is 11.4 Å². The van der Waals surface area contributed by atoms with Gasteiger partial charge in [-0.15, -0.1) is 11.3 Å². The van der Waals surface area contributed by atoms with Gasteiger partial charge in [0.15, 0.2) is 0 Å². The minimum Gasteiger partial charge on any atom is -0.478 e. The maximum Gasteiger partial charge on any atom is 0.339 e. The van der Waals surface area contributed by atoms with E-state index in [9.17, 15) is 4.79 Å². The van der Waals surface area contributed by atoms with Crippen LogP contribution in [0.5, 0.6) is 0 Å². The van der Waals surface area contributed by atoms with E-state index in [2.05, 4.69) is 11.2 Å². The lowest BCUT2D eigenvalue weighted by molar-refractivity contribution is 0.0695. The molecule has 0 aliphatic heterocycles. The first-order valence-corrected chi connectivity index (χ1v) is 6.27. The molecule has 17 heavy (non-hydrogen) atoms. The number of nitrogens with zero attached hydrogens (tertiary/aromatic N) is 2. The standard InChI is InChI=1S/C12H14N2O2S/c1-8-11(12(15)16)9(2)14(13-8)6-5-10-4-3-7-17-10/h3-4,7H,5-6H2,1-2H3,(H,15,16). The van der Waals surface area contributed by atoms with Crippen molar-refractivity contribution in [2.24, 2.45) is 0 Å². The predicted molar refractivity (Wildman–Crippen MR) is 66.7 cm³/mol. The van der Waals surface area contributed by atoms with Crippen LogP contribution < -0.4 is 0 Å². The van der Waals surface area contributed by atoms with Crippen molar-refractivity contribution in [3.63, 3.8) is 0 Å². The van der Waals surface area contributed by atoms with Crippen LogP contribution in [0.1, 0.15) is 26.6 Å². The fourth-order valence-corrected chi connectivity index (χ4v) is 2.59. The smallest absolute Gasteiger partial charge is 0.339 e. The minimum absolute atomic E-state index is 0.330. The van der Waals surface area contributed by atoms with Gasteiger partial charge in [-0.05, 0) is 25.3 Å². The maximum absolute atomic E-state index is 11.0. The number of rotatable bonds is 4. The van der Waals surface area contributed by atoms with E-state index in [4.69, 9.17) is 5.11 Å². The highest BCUT2D eigenvalue weighted by molar-refractivity contribution is 7.09. The highest BCUT2D eigenvalue weighted by Gasteiger charge is 2.17. The third-order valence-corrected chi connectivity index (χ3v) is 3.68. The van der Waals surface area contributed by atoms with Crippen LogP contribution in [0.4, 0.5) is 0 Å². The van der Waals surface area contributed by atoms with E-state index in [-0.39, 0.29) is 0 Å². The summed E-state index contributed by atoms with van der Waals surface area (Å²) < 4.78 is 1.78. The molecule has 0 atom stereocenters. The van der Waals surface area contributed by atoms with Crippen LogP contribution in [-0.2, 0) is 13.0 Å². The summed E-state index contributed by atoms with van der Waals surface area (Å²) >= 11 is 1.71. The van der Waals surface area contributed by atoms with Crippen LogP contribution in [0, 0.1) is 13.8 Å². The molecule has 90 valence electrons. The Hall–Kier alpha value is -1.62. The zero-order valence-corrected chi connectivity index (χ0v) is 10.6. The molecule has 0 saturated carbocycles. The molecule has 2 aromatic heterocycles. The number of carbonyl (C=O) groups is 1. The van der Waals surface area contributed by atoms with Crippen molar-refractivity contribution in [3.05, 3.63) is 39.3 Å². The van der Waals surface area contributed by atoms with Crippen LogP contribution in [0.2, 0.25) is 0 Å². The maximum atomic E-state index is 11.0. The van der Waals surface area contributed by atoms with E-state index in [1.165, 1.54) is 4.88 Å². The van der Waals surface area contributed by atoms with E-state index in [1.54, 1.807) is 29.9 Å². The van der Waals surface area contributed by atoms with Gasteiger partial charge < -0.3 is 5.11 Å². The third-order valence-electron chi connectivity index (χ3n) is 2.75. The number of aromatic carboxylic acids is 1. The van der Waals surface area contributed by atoms with Crippen molar-refractivity contribution in [2.45, 2.75) is 26.8 Å². The molecule has 2 rings (SSSR count). The van der Waals surface area contributed by atoms with Crippen molar-refractivity contribution in [2.75, 3.05) is 0 Å². The molecule has 0 saturated heterocycles. The number of hydrogen-bond acceptors (Lipinski definition) is 3. The Morgan fingerprint density at radius 1 is 1.53 bits per heavy atom. The fraction of sp³-hybridized carbons (Fsp3) is 0.333. The van der Waals surface area contributed by atoms with Gasteiger partial charge in [-0.25, -0.2) is 4.79 Å². The first-order chi connectivity index (χ1) is 8.09. The molecule has 0 bridgehead atoms. The van der Waals surface area contributed by atoms with Crippen LogP contribution >= 0.6 is 11.3 Å². The quantitative estimate of drug-likeness (QED) is 0.907. The average molecular weight is 250 g/mol. The van der Waals surface area contributed by atoms with E-state index >= 15 is 0 Å². The van der Waals surface area contributed by atoms with Crippen molar-refractivity contribution >= 4 is 17.3 Å². The fourth-order valence-electron chi connectivity index (χ4n) is 1.90. The molecule has 5 heteroatoms. The monoisotopic (exact) mass is 250 g/mol.